The highest BCUT2D eigenvalue weighted by molar-refractivity contribution is 6.04. The molecule has 1 aromatic carbocycles. The molecule has 3 heterocycles. The van der Waals surface area contributed by atoms with Crippen molar-refractivity contribution in [3.05, 3.63) is 64.1 Å². The summed E-state index contributed by atoms with van der Waals surface area (Å²) >= 11 is 0. The number of aromatic amines is 1. The third kappa shape index (κ3) is 3.96. The van der Waals surface area contributed by atoms with Gasteiger partial charge in [0.25, 0.3) is 11.5 Å². The summed E-state index contributed by atoms with van der Waals surface area (Å²) in [5.74, 6) is 0.0480. The van der Waals surface area contributed by atoms with Crippen molar-refractivity contribution < 1.29 is 14.3 Å². The number of carbonyl (C=O) groups excluding carboxylic acids is 1. The van der Waals surface area contributed by atoms with Crippen LogP contribution in [0, 0.1) is 5.92 Å². The number of nitrogens with zero attached hydrogens (tertiary/aromatic N) is 3. The molecule has 0 spiro atoms. The normalized spacial score (nSPS) is 17.2. The van der Waals surface area contributed by atoms with Crippen LogP contribution >= 0.6 is 0 Å². The van der Waals surface area contributed by atoms with Crippen LogP contribution in [0.15, 0.2) is 41.7 Å². The van der Waals surface area contributed by atoms with E-state index in [0.29, 0.717) is 24.7 Å². The third-order valence-electron chi connectivity index (χ3n) is 7.12. The van der Waals surface area contributed by atoms with E-state index in [4.69, 9.17) is 0 Å². The quantitative estimate of drug-likeness (QED) is 0.581. The van der Waals surface area contributed by atoms with Crippen LogP contribution < -0.4 is 5.56 Å². The molecule has 2 fully saturated rings. The molecule has 1 aliphatic heterocycles. The largest absolute Gasteiger partial charge is 0.392 e. The van der Waals surface area contributed by atoms with Gasteiger partial charge in [-0.25, -0.2) is 9.50 Å². The number of alkyl halides is 1. The summed E-state index contributed by atoms with van der Waals surface area (Å²) in [6, 6.07) is 9.60. The molecule has 1 saturated heterocycles. The molecule has 0 radical (unpaired) electrons. The van der Waals surface area contributed by atoms with Crippen LogP contribution in [0.25, 0.3) is 22.5 Å². The van der Waals surface area contributed by atoms with Gasteiger partial charge in [-0.2, -0.15) is 0 Å². The third-order valence-corrected chi connectivity index (χ3v) is 7.12. The molecular weight excluding hydrogens is 435 g/mol. The maximum Gasteiger partial charge on any atom is 0.273 e. The number of hydrogen-bond donors (Lipinski definition) is 2. The van der Waals surface area contributed by atoms with Gasteiger partial charge in [-0.15, -0.1) is 0 Å². The predicted octanol–water partition coefficient (Wildman–Crippen LogP) is 3.78. The molecule has 2 aliphatic rings. The number of halogens is 1. The summed E-state index contributed by atoms with van der Waals surface area (Å²) < 4.78 is 14.1. The van der Waals surface area contributed by atoms with Crippen LogP contribution in [0.2, 0.25) is 0 Å². The Kier molecular flexibility index (Phi) is 6.08. The van der Waals surface area contributed by atoms with E-state index in [1.54, 1.807) is 0 Å². The Labute approximate surface area is 196 Å². The molecule has 5 rings (SSSR count). The van der Waals surface area contributed by atoms with Gasteiger partial charge in [0.05, 0.1) is 24.7 Å². The van der Waals surface area contributed by atoms with E-state index in [9.17, 15) is 19.1 Å². The van der Waals surface area contributed by atoms with Crippen molar-refractivity contribution in [2.24, 2.45) is 5.92 Å². The van der Waals surface area contributed by atoms with Gasteiger partial charge in [0, 0.05) is 30.6 Å². The number of carbonyl (C=O) groups is 1. The average Bonchev–Trinajstić information content (AvgIpc) is 3.23. The fourth-order valence-electron chi connectivity index (χ4n) is 5.08. The summed E-state index contributed by atoms with van der Waals surface area (Å²) in [6.07, 6.45) is 6.23. The zero-order valence-electron chi connectivity index (χ0n) is 19.1. The van der Waals surface area contributed by atoms with Crippen molar-refractivity contribution in [3.63, 3.8) is 0 Å². The van der Waals surface area contributed by atoms with Crippen molar-refractivity contribution in [1.29, 1.82) is 0 Å². The van der Waals surface area contributed by atoms with Gasteiger partial charge < -0.3 is 10.0 Å². The maximum atomic E-state index is 13.3. The van der Waals surface area contributed by atoms with Crippen molar-refractivity contribution in [2.45, 2.75) is 38.0 Å². The van der Waals surface area contributed by atoms with Crippen LogP contribution in [0.1, 0.15) is 59.6 Å². The van der Waals surface area contributed by atoms with E-state index in [0.717, 1.165) is 5.56 Å². The van der Waals surface area contributed by atoms with E-state index in [-0.39, 0.29) is 46.5 Å². The zero-order valence-corrected chi connectivity index (χ0v) is 19.1. The van der Waals surface area contributed by atoms with Gasteiger partial charge in [0.15, 0.2) is 5.65 Å². The molecule has 1 aliphatic carbocycles. The molecule has 2 N–H and O–H groups in total. The molecule has 1 amide bonds. The maximum absolute atomic E-state index is 13.3. The van der Waals surface area contributed by atoms with Gasteiger partial charge in [0.1, 0.15) is 5.56 Å². The summed E-state index contributed by atoms with van der Waals surface area (Å²) in [6.45, 7) is 3.58. The number of benzene rings is 1. The molecule has 0 bridgehead atoms. The molecule has 2 aromatic heterocycles. The van der Waals surface area contributed by atoms with Gasteiger partial charge in [-0.05, 0) is 29.9 Å². The zero-order chi connectivity index (χ0) is 23.8. The second-order valence-corrected chi connectivity index (χ2v) is 9.45. The number of likely N-dealkylation sites (tertiary alicyclic amines) is 1. The second kappa shape index (κ2) is 9.18. The van der Waals surface area contributed by atoms with E-state index >= 15 is 0 Å². The number of H-pyrrole nitrogens is 1. The lowest BCUT2D eigenvalue weighted by Crippen LogP contribution is -2.51. The fraction of sp³-hybridized carbons (Fsp3) is 0.423. The molecule has 178 valence electrons. The first-order chi connectivity index (χ1) is 16.5. The number of aromatic nitrogens is 3. The van der Waals surface area contributed by atoms with Crippen LogP contribution in [0.4, 0.5) is 4.39 Å². The molecule has 34 heavy (non-hydrogen) atoms. The van der Waals surface area contributed by atoms with E-state index in [1.807, 2.05) is 12.1 Å². The Morgan fingerprint density at radius 3 is 2.53 bits per heavy atom. The van der Waals surface area contributed by atoms with Gasteiger partial charge >= 0.3 is 0 Å². The smallest absolute Gasteiger partial charge is 0.273 e. The minimum atomic E-state index is -0.480. The van der Waals surface area contributed by atoms with Crippen LogP contribution in [-0.2, 0) is 0 Å². The Morgan fingerprint density at radius 2 is 1.88 bits per heavy atom. The average molecular weight is 465 g/mol. The fourth-order valence-corrected chi connectivity index (χ4v) is 5.08. The number of fused-ring (bicyclic) bond motifs is 1. The van der Waals surface area contributed by atoms with E-state index in [2.05, 4.69) is 28.8 Å². The predicted molar refractivity (Wildman–Crippen MR) is 129 cm³/mol. The Balaban J connectivity index is 1.55. The SMILES string of the molecule is C=C(CO)c1[nH]n2c(=O)cc(-c3ccc(C4CCCCC4)cc3)nc2c1C(=O)N1CC(CF)C1. The Hall–Kier alpha value is -3.26. The Morgan fingerprint density at radius 1 is 1.18 bits per heavy atom. The van der Waals surface area contributed by atoms with Crippen LogP contribution in [0.3, 0.4) is 0 Å². The number of aliphatic hydroxyl groups is 1. The monoisotopic (exact) mass is 464 g/mol. The first-order valence-corrected chi connectivity index (χ1v) is 11.9. The lowest BCUT2D eigenvalue weighted by molar-refractivity contribution is 0.0454. The van der Waals surface area contributed by atoms with Crippen molar-refractivity contribution in [1.82, 2.24) is 19.5 Å². The number of amides is 1. The van der Waals surface area contributed by atoms with Crippen LogP contribution in [-0.4, -0.2) is 56.9 Å². The first-order valence-electron chi connectivity index (χ1n) is 11.9. The molecule has 0 unspecified atom stereocenters. The van der Waals surface area contributed by atoms with Crippen LogP contribution in [0.5, 0.6) is 0 Å². The molecule has 0 atom stereocenters. The highest BCUT2D eigenvalue weighted by Crippen LogP contribution is 2.33. The lowest BCUT2D eigenvalue weighted by Gasteiger charge is -2.37. The summed E-state index contributed by atoms with van der Waals surface area (Å²) in [7, 11) is 0. The molecule has 3 aromatic rings. The minimum Gasteiger partial charge on any atom is -0.392 e. The number of aliphatic hydroxyl groups excluding tert-OH is 1. The number of rotatable bonds is 6. The summed E-state index contributed by atoms with van der Waals surface area (Å²) in [5, 5.41) is 12.5. The topological polar surface area (TPSA) is 90.7 Å². The first kappa shape index (κ1) is 22.5. The lowest BCUT2D eigenvalue weighted by atomic mass is 9.84. The highest BCUT2D eigenvalue weighted by Gasteiger charge is 2.35. The van der Waals surface area contributed by atoms with Gasteiger partial charge in [0.2, 0.25) is 0 Å². The van der Waals surface area contributed by atoms with E-state index in [1.165, 1.54) is 53.1 Å². The van der Waals surface area contributed by atoms with Crippen molar-refractivity contribution >= 4 is 17.1 Å². The van der Waals surface area contributed by atoms with Crippen molar-refractivity contribution in [3.8, 4) is 11.3 Å². The van der Waals surface area contributed by atoms with Crippen molar-refractivity contribution in [2.75, 3.05) is 26.4 Å². The molecule has 7 nitrogen and oxygen atoms in total. The highest BCUT2D eigenvalue weighted by atomic mass is 19.1. The van der Waals surface area contributed by atoms with Gasteiger partial charge in [-0.3, -0.25) is 19.1 Å². The standard InChI is InChI=1S/C26H29FN4O3/c1-16(15-32)24-23(26(34)30-13-17(12-27)14-30)25-28-21(11-22(33)31(25)29-24)20-9-7-19(8-10-20)18-5-3-2-4-6-18/h7-11,17-18,29,32H,1-6,12-15H2. The molecule has 1 saturated carbocycles. The minimum absolute atomic E-state index is 0.174. The second-order valence-electron chi connectivity index (χ2n) is 9.45. The number of nitrogens with one attached hydrogen (secondary N) is 1. The summed E-state index contributed by atoms with van der Waals surface area (Å²) in [4.78, 5) is 32.5. The van der Waals surface area contributed by atoms with Gasteiger partial charge in [-0.1, -0.05) is 50.1 Å². The Bertz CT molecular complexity index is 1280. The number of hydrogen-bond acceptors (Lipinski definition) is 4. The summed E-state index contributed by atoms with van der Waals surface area (Å²) in [5.41, 5.74) is 3.10. The molecular formula is C26H29FN4O3. The van der Waals surface area contributed by atoms with E-state index < -0.39 is 6.67 Å². The molecule has 8 heteroatoms.